The first-order chi connectivity index (χ1) is 11.9. The lowest BCUT2D eigenvalue weighted by molar-refractivity contribution is -0.120. The summed E-state index contributed by atoms with van der Waals surface area (Å²) in [6.45, 7) is 0. The highest BCUT2D eigenvalue weighted by atomic mass is 35.5. The molecule has 2 aromatic rings. The van der Waals surface area contributed by atoms with Gasteiger partial charge in [-0.1, -0.05) is 23.2 Å². The monoisotopic (exact) mass is 376 g/mol. The van der Waals surface area contributed by atoms with Gasteiger partial charge in [0.25, 0.3) is 11.8 Å². The van der Waals surface area contributed by atoms with Gasteiger partial charge in [0.1, 0.15) is 10.7 Å². The minimum absolute atomic E-state index is 0.0790. The van der Waals surface area contributed by atoms with Crippen LogP contribution in [0.2, 0.25) is 5.02 Å². The molecule has 25 heavy (non-hydrogen) atoms. The van der Waals surface area contributed by atoms with Crippen molar-refractivity contribution in [3.8, 4) is 0 Å². The van der Waals surface area contributed by atoms with Gasteiger partial charge in [0.05, 0.1) is 11.3 Å². The number of carboxylic acid groups (broad SMARTS) is 1. The summed E-state index contributed by atoms with van der Waals surface area (Å²) in [4.78, 5) is 36.7. The van der Waals surface area contributed by atoms with Crippen molar-refractivity contribution in [3.63, 3.8) is 0 Å². The molecule has 0 atom stereocenters. The molecule has 0 radical (unpaired) electrons. The number of carbonyl (C=O) groups is 3. The van der Waals surface area contributed by atoms with E-state index in [4.69, 9.17) is 28.3 Å². The molecule has 1 heterocycles. The first kappa shape index (κ1) is 17.0. The number of carboxylic acids is 1. The van der Waals surface area contributed by atoms with Crippen LogP contribution in [-0.4, -0.2) is 22.9 Å². The Labute approximate surface area is 152 Å². The Morgan fingerprint density at radius 1 is 0.920 bits per heavy atom. The van der Waals surface area contributed by atoms with Gasteiger partial charge in [-0.25, -0.2) is 9.69 Å². The van der Waals surface area contributed by atoms with Gasteiger partial charge in [-0.05, 0) is 48.5 Å². The zero-order valence-corrected chi connectivity index (χ0v) is 14.0. The van der Waals surface area contributed by atoms with E-state index in [1.165, 1.54) is 36.4 Å². The molecule has 0 spiro atoms. The lowest BCUT2D eigenvalue weighted by atomic mass is 10.2. The van der Waals surface area contributed by atoms with Crippen molar-refractivity contribution in [2.24, 2.45) is 0 Å². The van der Waals surface area contributed by atoms with Crippen LogP contribution in [0.3, 0.4) is 0 Å². The summed E-state index contributed by atoms with van der Waals surface area (Å²) < 4.78 is 0. The van der Waals surface area contributed by atoms with Gasteiger partial charge < -0.3 is 10.4 Å². The second kappa shape index (κ2) is 6.58. The van der Waals surface area contributed by atoms with E-state index < -0.39 is 17.8 Å². The summed E-state index contributed by atoms with van der Waals surface area (Å²) in [7, 11) is 0. The first-order valence-corrected chi connectivity index (χ1v) is 7.78. The summed E-state index contributed by atoms with van der Waals surface area (Å²) in [6.07, 6.45) is 0. The molecular formula is C17H10Cl2N2O4. The van der Waals surface area contributed by atoms with Crippen molar-refractivity contribution in [1.29, 1.82) is 0 Å². The highest BCUT2D eigenvalue weighted by Crippen LogP contribution is 2.30. The molecule has 2 N–H and O–H groups in total. The van der Waals surface area contributed by atoms with Crippen molar-refractivity contribution in [2.45, 2.75) is 0 Å². The van der Waals surface area contributed by atoms with Gasteiger partial charge in [0.2, 0.25) is 0 Å². The molecule has 3 rings (SSSR count). The molecule has 0 saturated carbocycles. The topological polar surface area (TPSA) is 86.7 Å². The minimum atomic E-state index is -1.06. The van der Waals surface area contributed by atoms with Crippen molar-refractivity contribution < 1.29 is 19.5 Å². The molecule has 0 aliphatic carbocycles. The molecule has 126 valence electrons. The average molecular weight is 377 g/mol. The maximum absolute atomic E-state index is 12.6. The molecule has 8 heteroatoms. The number of hydrogen-bond acceptors (Lipinski definition) is 4. The number of benzene rings is 2. The Morgan fingerprint density at radius 2 is 1.52 bits per heavy atom. The van der Waals surface area contributed by atoms with Crippen LogP contribution in [0.1, 0.15) is 10.4 Å². The molecule has 1 aliphatic rings. The van der Waals surface area contributed by atoms with E-state index in [0.717, 1.165) is 4.90 Å². The number of halogens is 2. The summed E-state index contributed by atoms with van der Waals surface area (Å²) in [6, 6.07) is 11.9. The van der Waals surface area contributed by atoms with Crippen LogP contribution in [0.25, 0.3) is 0 Å². The van der Waals surface area contributed by atoms with Crippen molar-refractivity contribution in [1.82, 2.24) is 0 Å². The fraction of sp³-hybridized carbons (Fsp3) is 0. The normalized spacial score (nSPS) is 14.2. The van der Waals surface area contributed by atoms with E-state index in [1.54, 1.807) is 12.1 Å². The molecule has 1 aliphatic heterocycles. The van der Waals surface area contributed by atoms with E-state index in [1.807, 2.05) is 0 Å². The minimum Gasteiger partial charge on any atom is -0.478 e. The number of nitrogens with zero attached hydrogens (tertiary/aromatic N) is 1. The third-order valence-electron chi connectivity index (χ3n) is 3.51. The highest BCUT2D eigenvalue weighted by Gasteiger charge is 2.38. The second-order valence-corrected chi connectivity index (χ2v) is 5.93. The number of hydrogen-bond donors (Lipinski definition) is 2. The molecule has 0 unspecified atom stereocenters. The van der Waals surface area contributed by atoms with Crippen LogP contribution in [-0.2, 0) is 9.59 Å². The van der Waals surface area contributed by atoms with Crippen molar-refractivity contribution >= 4 is 52.4 Å². The van der Waals surface area contributed by atoms with Crippen LogP contribution < -0.4 is 10.2 Å². The third-order valence-corrected chi connectivity index (χ3v) is 4.12. The number of carbonyl (C=O) groups excluding carboxylic acids is 2. The standard InChI is InChI=1S/C17H10Cl2N2O4/c18-10-3-7-12(8-4-10)21-15(22)13(19)14(16(21)23)20-11-5-1-9(2-6-11)17(24)25/h1-8,20H,(H,24,25). The van der Waals surface area contributed by atoms with E-state index in [2.05, 4.69) is 5.32 Å². The van der Waals surface area contributed by atoms with Crippen LogP contribution in [0, 0.1) is 0 Å². The molecule has 0 aromatic heterocycles. The zero-order valence-electron chi connectivity index (χ0n) is 12.5. The second-order valence-electron chi connectivity index (χ2n) is 5.12. The van der Waals surface area contributed by atoms with Gasteiger partial charge in [-0.2, -0.15) is 0 Å². The summed E-state index contributed by atoms with van der Waals surface area (Å²) in [5.74, 6) is -2.33. The van der Waals surface area contributed by atoms with Crippen LogP contribution in [0.5, 0.6) is 0 Å². The number of rotatable bonds is 4. The van der Waals surface area contributed by atoms with Gasteiger partial charge in [-0.3, -0.25) is 9.59 Å². The Morgan fingerprint density at radius 3 is 2.08 bits per heavy atom. The van der Waals surface area contributed by atoms with Gasteiger partial charge >= 0.3 is 5.97 Å². The Kier molecular flexibility index (Phi) is 4.48. The van der Waals surface area contributed by atoms with Crippen molar-refractivity contribution in [3.05, 3.63) is 69.8 Å². The summed E-state index contributed by atoms with van der Waals surface area (Å²) >= 11 is 11.8. The Hall–Kier alpha value is -2.83. The maximum atomic E-state index is 12.6. The van der Waals surface area contributed by atoms with Gasteiger partial charge in [0, 0.05) is 10.7 Å². The quantitative estimate of drug-likeness (QED) is 0.797. The fourth-order valence-electron chi connectivity index (χ4n) is 2.28. The number of nitrogens with one attached hydrogen (secondary N) is 1. The Balaban J connectivity index is 1.86. The number of imide groups is 1. The van der Waals surface area contributed by atoms with Crippen molar-refractivity contribution in [2.75, 3.05) is 10.2 Å². The lowest BCUT2D eigenvalue weighted by Crippen LogP contribution is -2.32. The Bertz CT molecular complexity index is 905. The van der Waals surface area contributed by atoms with Crippen LogP contribution >= 0.6 is 23.2 Å². The van der Waals surface area contributed by atoms with Crippen LogP contribution in [0.4, 0.5) is 11.4 Å². The van der Waals surface area contributed by atoms with E-state index >= 15 is 0 Å². The SMILES string of the molecule is O=C(O)c1ccc(NC2=C(Cl)C(=O)N(c3ccc(Cl)cc3)C2=O)cc1. The van der Waals surface area contributed by atoms with E-state index in [-0.39, 0.29) is 16.3 Å². The third kappa shape index (κ3) is 3.22. The highest BCUT2D eigenvalue weighted by molar-refractivity contribution is 6.53. The van der Waals surface area contributed by atoms with Gasteiger partial charge in [-0.15, -0.1) is 0 Å². The summed E-state index contributed by atoms with van der Waals surface area (Å²) in [5, 5.41) is 11.9. The molecule has 2 aromatic carbocycles. The molecular weight excluding hydrogens is 367 g/mol. The van der Waals surface area contributed by atoms with Gasteiger partial charge in [0.15, 0.2) is 0 Å². The molecule has 2 amide bonds. The number of amides is 2. The number of aromatic carboxylic acids is 1. The van der Waals surface area contributed by atoms with Crippen LogP contribution in [0.15, 0.2) is 59.3 Å². The lowest BCUT2D eigenvalue weighted by Gasteiger charge is -2.15. The molecule has 0 saturated heterocycles. The predicted octanol–water partition coefficient (Wildman–Crippen LogP) is 3.47. The first-order valence-electron chi connectivity index (χ1n) is 7.03. The largest absolute Gasteiger partial charge is 0.478 e. The number of anilines is 2. The summed E-state index contributed by atoms with van der Waals surface area (Å²) in [5.41, 5.74) is 0.791. The fourth-order valence-corrected chi connectivity index (χ4v) is 2.62. The van der Waals surface area contributed by atoms with E-state index in [0.29, 0.717) is 16.4 Å². The smallest absolute Gasteiger partial charge is 0.335 e. The maximum Gasteiger partial charge on any atom is 0.335 e. The molecule has 0 fully saturated rings. The molecule has 0 bridgehead atoms. The predicted molar refractivity (Wildman–Crippen MR) is 93.8 cm³/mol. The zero-order chi connectivity index (χ0) is 18.1. The average Bonchev–Trinajstić information content (AvgIpc) is 2.80. The van der Waals surface area contributed by atoms with E-state index in [9.17, 15) is 14.4 Å². The molecule has 6 nitrogen and oxygen atoms in total.